The van der Waals surface area contributed by atoms with E-state index >= 15 is 0 Å². The molecule has 4 heteroatoms. The molecule has 0 heterocycles. The van der Waals surface area contributed by atoms with Crippen molar-refractivity contribution in [3.05, 3.63) is 71.8 Å². The van der Waals surface area contributed by atoms with E-state index in [2.05, 4.69) is 42.6 Å². The van der Waals surface area contributed by atoms with Gasteiger partial charge in [-0.1, -0.05) is 79.9 Å². The van der Waals surface area contributed by atoms with Crippen LogP contribution in [0.15, 0.2) is 60.7 Å². The number of carbonyl (C=O) groups is 1. The Kier molecular flexibility index (Phi) is 7.29. The first-order valence-corrected chi connectivity index (χ1v) is 10.9. The van der Waals surface area contributed by atoms with Gasteiger partial charge in [0.15, 0.2) is 0 Å². The molecule has 0 bridgehead atoms. The van der Waals surface area contributed by atoms with E-state index in [1.807, 2.05) is 36.4 Å². The van der Waals surface area contributed by atoms with E-state index in [0.29, 0.717) is 12.8 Å². The standard InChI is InChI=1S/C26H32N2O2/c1-25(21-12-6-3-7-13-21,22-14-8-4-9-15-22)28-23(20-27)16-19-26(24(29)30-2)17-10-5-11-18-26/h3-4,6-9,12-15,23,28H,5,10-11,16-19H2,1-2H3. The summed E-state index contributed by atoms with van der Waals surface area (Å²) in [5.41, 5.74) is 1.27. The molecule has 0 saturated heterocycles. The normalized spacial score (nSPS) is 17.0. The Balaban J connectivity index is 1.83. The van der Waals surface area contributed by atoms with Crippen LogP contribution in [0.1, 0.15) is 63.0 Å². The van der Waals surface area contributed by atoms with Crippen LogP contribution in [0.2, 0.25) is 0 Å². The number of benzene rings is 2. The van der Waals surface area contributed by atoms with Crippen molar-refractivity contribution in [2.75, 3.05) is 7.11 Å². The molecule has 2 aromatic carbocycles. The number of nitrogens with one attached hydrogen (secondary N) is 1. The van der Waals surface area contributed by atoms with E-state index in [9.17, 15) is 10.1 Å². The van der Waals surface area contributed by atoms with Crippen LogP contribution in [0.25, 0.3) is 0 Å². The lowest BCUT2D eigenvalue weighted by Gasteiger charge is -2.37. The molecule has 1 N–H and O–H groups in total. The van der Waals surface area contributed by atoms with Crippen molar-refractivity contribution in [3.63, 3.8) is 0 Å². The lowest BCUT2D eigenvalue weighted by molar-refractivity contribution is -0.155. The number of nitrogens with zero attached hydrogens (tertiary/aromatic N) is 1. The lowest BCUT2D eigenvalue weighted by Crippen LogP contribution is -2.47. The molecule has 1 saturated carbocycles. The van der Waals surface area contributed by atoms with Gasteiger partial charge >= 0.3 is 5.97 Å². The molecule has 1 aliphatic rings. The van der Waals surface area contributed by atoms with Gasteiger partial charge in [0.1, 0.15) is 0 Å². The fourth-order valence-electron chi connectivity index (χ4n) is 4.82. The fourth-order valence-corrected chi connectivity index (χ4v) is 4.82. The van der Waals surface area contributed by atoms with Gasteiger partial charge in [-0.2, -0.15) is 5.26 Å². The van der Waals surface area contributed by atoms with Crippen LogP contribution in [0.3, 0.4) is 0 Å². The van der Waals surface area contributed by atoms with Crippen molar-refractivity contribution in [1.82, 2.24) is 5.32 Å². The Morgan fingerprint density at radius 1 is 1.07 bits per heavy atom. The summed E-state index contributed by atoms with van der Waals surface area (Å²) in [6.07, 6.45) is 6.25. The van der Waals surface area contributed by atoms with E-state index in [-0.39, 0.29) is 12.0 Å². The van der Waals surface area contributed by atoms with Crippen molar-refractivity contribution < 1.29 is 9.53 Å². The second-order valence-electron chi connectivity index (χ2n) is 8.55. The van der Waals surface area contributed by atoms with Crippen LogP contribution in [-0.2, 0) is 15.1 Å². The number of carbonyl (C=O) groups excluding carboxylic acids is 1. The number of hydrogen-bond acceptors (Lipinski definition) is 4. The van der Waals surface area contributed by atoms with Gasteiger partial charge in [-0.25, -0.2) is 0 Å². The monoisotopic (exact) mass is 404 g/mol. The molecule has 1 unspecified atom stereocenters. The summed E-state index contributed by atoms with van der Waals surface area (Å²) in [7, 11) is 1.47. The smallest absolute Gasteiger partial charge is 0.311 e. The zero-order valence-corrected chi connectivity index (χ0v) is 18.1. The van der Waals surface area contributed by atoms with Crippen LogP contribution in [0, 0.1) is 16.7 Å². The maximum absolute atomic E-state index is 12.6. The molecule has 158 valence electrons. The zero-order valence-electron chi connectivity index (χ0n) is 18.1. The van der Waals surface area contributed by atoms with Crippen LogP contribution in [0.5, 0.6) is 0 Å². The van der Waals surface area contributed by atoms with E-state index in [4.69, 9.17) is 4.74 Å². The average molecular weight is 405 g/mol. The third-order valence-corrected chi connectivity index (χ3v) is 6.66. The highest BCUT2D eigenvalue weighted by molar-refractivity contribution is 5.76. The summed E-state index contributed by atoms with van der Waals surface area (Å²) in [6, 6.07) is 22.5. The second-order valence-corrected chi connectivity index (χ2v) is 8.55. The molecule has 0 aliphatic heterocycles. The van der Waals surface area contributed by atoms with Crippen molar-refractivity contribution in [3.8, 4) is 6.07 Å². The molecular weight excluding hydrogens is 372 g/mol. The minimum absolute atomic E-state index is 0.118. The van der Waals surface area contributed by atoms with Crippen LogP contribution >= 0.6 is 0 Å². The maximum Gasteiger partial charge on any atom is 0.311 e. The van der Waals surface area contributed by atoms with Crippen LogP contribution in [0.4, 0.5) is 0 Å². The molecular formula is C26H32N2O2. The summed E-state index contributed by atoms with van der Waals surface area (Å²) in [5.74, 6) is -0.118. The maximum atomic E-state index is 12.6. The summed E-state index contributed by atoms with van der Waals surface area (Å²) in [5, 5.41) is 13.6. The predicted octanol–water partition coefficient (Wildman–Crippen LogP) is 5.34. The van der Waals surface area contributed by atoms with Crippen molar-refractivity contribution in [1.29, 1.82) is 5.26 Å². The van der Waals surface area contributed by atoms with Gasteiger partial charge in [-0.15, -0.1) is 0 Å². The third-order valence-electron chi connectivity index (χ3n) is 6.66. The number of ether oxygens (including phenoxy) is 1. The largest absolute Gasteiger partial charge is 0.469 e. The Labute approximate surface area is 180 Å². The highest BCUT2D eigenvalue weighted by Gasteiger charge is 2.41. The molecule has 0 amide bonds. The number of esters is 1. The first-order chi connectivity index (χ1) is 14.5. The summed E-state index contributed by atoms with van der Waals surface area (Å²) in [6.45, 7) is 2.12. The SMILES string of the molecule is COC(=O)C1(CCC(C#N)NC(C)(c2ccccc2)c2ccccc2)CCCCC1. The van der Waals surface area contributed by atoms with Gasteiger partial charge < -0.3 is 4.74 Å². The number of nitriles is 1. The van der Waals surface area contributed by atoms with Gasteiger partial charge in [-0.3, -0.25) is 10.1 Å². The minimum atomic E-state index is -0.506. The quantitative estimate of drug-likeness (QED) is 0.604. The van der Waals surface area contributed by atoms with Crippen molar-refractivity contribution >= 4 is 5.97 Å². The molecule has 0 radical (unpaired) electrons. The predicted molar refractivity (Wildman–Crippen MR) is 119 cm³/mol. The molecule has 4 nitrogen and oxygen atoms in total. The van der Waals surface area contributed by atoms with E-state index < -0.39 is 11.0 Å². The first kappa shape index (κ1) is 22.1. The van der Waals surface area contributed by atoms with Gasteiger partial charge in [0.05, 0.1) is 30.2 Å². The van der Waals surface area contributed by atoms with Crippen LogP contribution in [-0.4, -0.2) is 19.1 Å². The van der Waals surface area contributed by atoms with Gasteiger partial charge in [-0.05, 0) is 43.7 Å². The Morgan fingerprint density at radius 2 is 1.60 bits per heavy atom. The number of rotatable bonds is 8. The summed E-state index contributed by atoms with van der Waals surface area (Å²) in [4.78, 5) is 12.6. The molecule has 3 rings (SSSR count). The molecule has 1 aliphatic carbocycles. The van der Waals surface area contributed by atoms with Crippen LogP contribution < -0.4 is 5.32 Å². The summed E-state index contributed by atoms with van der Waals surface area (Å²) >= 11 is 0. The topological polar surface area (TPSA) is 62.1 Å². The molecule has 1 fully saturated rings. The average Bonchev–Trinajstić information content (AvgIpc) is 2.82. The Hall–Kier alpha value is -2.64. The number of hydrogen-bond donors (Lipinski definition) is 1. The van der Waals surface area contributed by atoms with E-state index in [1.54, 1.807) is 0 Å². The third kappa shape index (κ3) is 4.74. The lowest BCUT2D eigenvalue weighted by atomic mass is 9.70. The van der Waals surface area contributed by atoms with E-state index in [0.717, 1.165) is 36.8 Å². The molecule has 2 aromatic rings. The van der Waals surface area contributed by atoms with Crippen molar-refractivity contribution in [2.45, 2.75) is 63.5 Å². The highest BCUT2D eigenvalue weighted by Crippen LogP contribution is 2.42. The van der Waals surface area contributed by atoms with Gasteiger partial charge in [0.2, 0.25) is 0 Å². The molecule has 0 spiro atoms. The van der Waals surface area contributed by atoms with Crippen molar-refractivity contribution in [2.24, 2.45) is 5.41 Å². The second kappa shape index (κ2) is 9.91. The van der Waals surface area contributed by atoms with E-state index in [1.165, 1.54) is 13.5 Å². The minimum Gasteiger partial charge on any atom is -0.469 e. The molecule has 30 heavy (non-hydrogen) atoms. The number of methoxy groups -OCH3 is 1. The van der Waals surface area contributed by atoms with Gasteiger partial charge in [0.25, 0.3) is 0 Å². The molecule has 0 aromatic heterocycles. The highest BCUT2D eigenvalue weighted by atomic mass is 16.5. The summed E-state index contributed by atoms with van der Waals surface area (Å²) < 4.78 is 5.16. The Morgan fingerprint density at radius 3 is 2.07 bits per heavy atom. The zero-order chi connectivity index (χ0) is 21.5. The first-order valence-electron chi connectivity index (χ1n) is 10.9. The van der Waals surface area contributed by atoms with Gasteiger partial charge in [0, 0.05) is 0 Å². The Bertz CT molecular complexity index is 812. The molecule has 1 atom stereocenters. The fraction of sp³-hybridized carbons (Fsp3) is 0.462.